The van der Waals surface area contributed by atoms with E-state index >= 15 is 0 Å². The summed E-state index contributed by atoms with van der Waals surface area (Å²) >= 11 is 0. The zero-order valence-electron chi connectivity index (χ0n) is 22.6. The van der Waals surface area contributed by atoms with E-state index in [9.17, 15) is 0 Å². The van der Waals surface area contributed by atoms with Crippen LogP contribution in [0.3, 0.4) is 0 Å². The van der Waals surface area contributed by atoms with E-state index in [4.69, 9.17) is 54.5 Å². The Morgan fingerprint density at radius 1 is 0.353 bits per heavy atom. The fourth-order valence-electron chi connectivity index (χ4n) is 1.66. The molecule has 0 atom stereocenters. The average Bonchev–Trinajstić information content (AvgIpc) is 2.76. The van der Waals surface area contributed by atoms with Gasteiger partial charge >= 0.3 is 37.2 Å². The van der Waals surface area contributed by atoms with Crippen LogP contribution in [0.25, 0.3) is 0 Å². The minimum Gasteiger partial charge on any atom is -0.376 e. The van der Waals surface area contributed by atoms with Crippen LogP contribution in [0.4, 0.5) is 0 Å². The van der Waals surface area contributed by atoms with Crippen LogP contribution in [0.5, 0.6) is 0 Å². The Balaban J connectivity index is -0.000000184. The lowest BCUT2D eigenvalue weighted by molar-refractivity contribution is 0.106. The van der Waals surface area contributed by atoms with Crippen LogP contribution < -0.4 is 0 Å². The number of hydrogen-bond acceptors (Lipinski definition) is 12. The first-order chi connectivity index (χ1) is 16.3. The Bertz CT molecular complexity index is 254. The molecule has 0 heterocycles. The molecule has 0 bridgehead atoms. The van der Waals surface area contributed by atoms with Crippen molar-refractivity contribution >= 4 is 37.2 Å². The molecule has 0 aliphatic heterocycles. The molecule has 0 rings (SSSR count). The van der Waals surface area contributed by atoms with Crippen LogP contribution in [0.1, 0.15) is 62.3 Å². The van der Waals surface area contributed by atoms with Gasteiger partial charge in [0.2, 0.25) is 0 Å². The fraction of sp³-hybridized carbons (Fsp3) is 1.00. The highest BCUT2D eigenvalue weighted by Crippen LogP contribution is 2.11. The number of hydrogen-bond donors (Lipinski definition) is 3. The second-order valence-electron chi connectivity index (χ2n) is 5.23. The third kappa shape index (κ3) is 42.7. The first kappa shape index (κ1) is 41.7. The van der Waals surface area contributed by atoms with Crippen molar-refractivity contribution in [2.75, 3.05) is 59.5 Å². The van der Waals surface area contributed by atoms with E-state index < -0.39 is 37.2 Å². The minimum atomic E-state index is -2.62. The maximum absolute atomic E-state index is 7.23. The highest BCUT2D eigenvalue weighted by Gasteiger charge is 2.12. The van der Waals surface area contributed by atoms with Gasteiger partial charge in [-0.15, -0.1) is 0 Å². The second-order valence-corrected chi connectivity index (χ2v) is 10.5. The summed E-state index contributed by atoms with van der Waals surface area (Å²) in [7, 11) is -7.82. The van der Waals surface area contributed by atoms with Crippen LogP contribution in [0.2, 0.25) is 0 Å². The van der Waals surface area contributed by atoms with Gasteiger partial charge in [0.25, 0.3) is 0 Å². The summed E-state index contributed by atoms with van der Waals surface area (Å²) in [5.41, 5.74) is 0. The molecule has 0 aromatic rings. The van der Waals surface area contributed by atoms with E-state index in [0.717, 1.165) is 0 Å². The molecule has 0 radical (unpaired) electrons. The topological polar surface area (TPSA) is 144 Å². The molecule has 3 N–H and O–H groups in total. The Morgan fingerprint density at radius 3 is 0.500 bits per heavy atom. The van der Waals surface area contributed by atoms with E-state index in [2.05, 4.69) is 0 Å². The molecule has 0 aliphatic rings. The van der Waals surface area contributed by atoms with E-state index in [-0.39, 0.29) is 0 Å². The minimum absolute atomic E-state index is 0.677. The summed E-state index contributed by atoms with van der Waals surface area (Å²) < 4.78 is 47.0. The van der Waals surface area contributed by atoms with E-state index in [1.807, 2.05) is 62.3 Å². The predicted octanol–water partition coefficient (Wildman–Crippen LogP) is 1.63. The SMILES string of the molecule is CCO[SiH](OCC)OCC.CCO[SiH](OCC)OCC.CCO[SiH](OCC)OCC.OP(O)O. The van der Waals surface area contributed by atoms with Gasteiger partial charge in [0, 0.05) is 59.5 Å². The summed E-state index contributed by atoms with van der Waals surface area (Å²) in [5.74, 6) is 0. The lowest BCUT2D eigenvalue weighted by Gasteiger charge is -2.12. The van der Waals surface area contributed by atoms with Gasteiger partial charge in [-0.3, -0.25) is 0 Å². The lowest BCUT2D eigenvalue weighted by Crippen LogP contribution is -2.27. The maximum atomic E-state index is 7.23. The van der Waals surface area contributed by atoms with Crippen LogP contribution >= 0.6 is 8.60 Å². The van der Waals surface area contributed by atoms with Crippen molar-refractivity contribution in [3.05, 3.63) is 0 Å². The summed E-state index contributed by atoms with van der Waals surface area (Å²) in [6, 6.07) is 0. The maximum Gasteiger partial charge on any atom is 0.484 e. The van der Waals surface area contributed by atoms with Crippen molar-refractivity contribution in [2.24, 2.45) is 0 Å². The second kappa shape index (κ2) is 38.1. The van der Waals surface area contributed by atoms with Gasteiger partial charge in [-0.2, -0.15) is 0 Å². The summed E-state index contributed by atoms with van der Waals surface area (Å²) in [4.78, 5) is 21.7. The molecule has 0 aromatic heterocycles. The Hall–Kier alpha value is 0.601. The molecule has 0 unspecified atom stereocenters. The zero-order chi connectivity index (χ0) is 27.0. The van der Waals surface area contributed by atoms with E-state index in [1.54, 1.807) is 0 Å². The van der Waals surface area contributed by atoms with Gasteiger partial charge in [-0.05, 0) is 62.3 Å². The van der Waals surface area contributed by atoms with Gasteiger partial charge in [-0.1, -0.05) is 0 Å². The van der Waals surface area contributed by atoms with Crippen LogP contribution in [0, 0.1) is 0 Å². The number of rotatable bonds is 18. The van der Waals surface area contributed by atoms with E-state index in [0.29, 0.717) is 59.5 Å². The van der Waals surface area contributed by atoms with Crippen molar-refractivity contribution in [3.63, 3.8) is 0 Å². The highest BCUT2D eigenvalue weighted by atomic mass is 31.2. The molecule has 0 saturated heterocycles. The predicted molar refractivity (Wildman–Crippen MR) is 140 cm³/mol. The standard InChI is InChI=1S/3C6H16O3Si.H3O3P/c3*1-4-7-10(8-5-2)9-6-3;1-4(2)3/h3*10H,4-6H2,1-3H3;1-3H. The summed E-state index contributed by atoms with van der Waals surface area (Å²) in [6.45, 7) is 23.6. The fourth-order valence-corrected chi connectivity index (χ4v) is 4.97. The first-order valence-electron chi connectivity index (χ1n) is 11.7. The monoisotopic (exact) mass is 574 g/mol. The van der Waals surface area contributed by atoms with Crippen molar-refractivity contribution in [2.45, 2.75) is 62.3 Å². The molecule has 0 spiro atoms. The lowest BCUT2D eigenvalue weighted by atomic mass is 10.9. The molecule has 16 heteroatoms. The molecular formula is C18H51O12PSi3. The van der Waals surface area contributed by atoms with Gasteiger partial charge in [0.1, 0.15) is 0 Å². The Labute approximate surface area is 213 Å². The van der Waals surface area contributed by atoms with Gasteiger partial charge in [0.15, 0.2) is 0 Å². The molecule has 0 amide bonds. The average molecular weight is 575 g/mol. The third-order valence-electron chi connectivity index (χ3n) is 2.72. The molecule has 0 aliphatic carbocycles. The van der Waals surface area contributed by atoms with Crippen molar-refractivity contribution < 1.29 is 54.5 Å². The van der Waals surface area contributed by atoms with E-state index in [1.165, 1.54) is 0 Å². The zero-order valence-corrected chi connectivity index (χ0v) is 26.9. The smallest absolute Gasteiger partial charge is 0.376 e. The molecule has 0 aromatic carbocycles. The molecule has 0 fully saturated rings. The Morgan fingerprint density at radius 2 is 0.441 bits per heavy atom. The molecule has 12 nitrogen and oxygen atoms in total. The van der Waals surface area contributed by atoms with Gasteiger partial charge < -0.3 is 54.5 Å². The quantitative estimate of drug-likeness (QED) is 0.162. The molecule has 0 saturated carbocycles. The van der Waals surface area contributed by atoms with Gasteiger partial charge in [0.05, 0.1) is 0 Å². The Kier molecular flexibility index (Phi) is 46.8. The van der Waals surface area contributed by atoms with Crippen molar-refractivity contribution in [1.82, 2.24) is 0 Å². The van der Waals surface area contributed by atoms with Crippen LogP contribution in [-0.4, -0.2) is 103 Å². The largest absolute Gasteiger partial charge is 0.484 e. The third-order valence-corrected chi connectivity index (χ3v) is 8.17. The van der Waals surface area contributed by atoms with Crippen LogP contribution in [-0.2, 0) is 39.8 Å². The normalized spacial score (nSPS) is 10.6. The molecule has 34 heavy (non-hydrogen) atoms. The van der Waals surface area contributed by atoms with Gasteiger partial charge in [-0.25, -0.2) is 0 Å². The van der Waals surface area contributed by atoms with Crippen LogP contribution in [0.15, 0.2) is 0 Å². The highest BCUT2D eigenvalue weighted by molar-refractivity contribution is 7.38. The summed E-state index contributed by atoms with van der Waals surface area (Å²) in [5, 5.41) is 0. The van der Waals surface area contributed by atoms with Crippen molar-refractivity contribution in [3.8, 4) is 0 Å². The van der Waals surface area contributed by atoms with Crippen molar-refractivity contribution in [1.29, 1.82) is 0 Å². The molecular weight excluding hydrogens is 523 g/mol. The molecule has 212 valence electrons. The summed E-state index contributed by atoms with van der Waals surface area (Å²) in [6.07, 6.45) is 0. The first-order valence-corrected chi connectivity index (χ1v) is 17.1.